The maximum atomic E-state index is 12.8. The zero-order chi connectivity index (χ0) is 20.0. The highest BCUT2D eigenvalue weighted by molar-refractivity contribution is 14.0. The molecule has 3 rings (SSSR count). The largest absolute Gasteiger partial charge is 0.416 e. The van der Waals surface area contributed by atoms with Crippen molar-refractivity contribution in [3.63, 3.8) is 0 Å². The van der Waals surface area contributed by atoms with Crippen molar-refractivity contribution in [2.45, 2.75) is 25.6 Å². The normalized spacial score (nSPS) is 11.9. The van der Waals surface area contributed by atoms with Gasteiger partial charge in [0.2, 0.25) is 0 Å². The van der Waals surface area contributed by atoms with Crippen LogP contribution in [0.3, 0.4) is 0 Å². The number of para-hydroxylation sites is 2. The minimum absolute atomic E-state index is 0. The number of alkyl halides is 3. The standard InChI is InChI=1S/C20H22F3N5.HI/c1-24-19(26-13-14-6-4-7-15(12-14)20(21,22)23)25-11-5-10-18-27-16-8-2-3-9-17(16)28-18;/h2-4,6-9,12H,5,10-11,13H2,1H3,(H,27,28)(H2,24,25,26);1H. The number of imidazole rings is 1. The van der Waals surface area contributed by atoms with Crippen LogP contribution >= 0.6 is 24.0 Å². The molecule has 3 aromatic rings. The van der Waals surface area contributed by atoms with Gasteiger partial charge >= 0.3 is 6.18 Å². The first-order chi connectivity index (χ1) is 13.5. The van der Waals surface area contributed by atoms with Crippen molar-refractivity contribution in [3.05, 3.63) is 65.5 Å². The monoisotopic (exact) mass is 517 g/mol. The van der Waals surface area contributed by atoms with E-state index in [1.807, 2.05) is 24.3 Å². The summed E-state index contributed by atoms with van der Waals surface area (Å²) in [5.41, 5.74) is 1.86. The first-order valence-electron chi connectivity index (χ1n) is 9.00. The van der Waals surface area contributed by atoms with E-state index in [1.54, 1.807) is 13.1 Å². The summed E-state index contributed by atoms with van der Waals surface area (Å²) in [6.07, 6.45) is -2.72. The maximum Gasteiger partial charge on any atom is 0.416 e. The molecule has 3 N–H and O–H groups in total. The molecule has 1 heterocycles. The molecule has 29 heavy (non-hydrogen) atoms. The SMILES string of the molecule is CN=C(NCCCc1nc2ccccc2[nH]1)NCc1cccc(C(F)(F)F)c1.I. The molecule has 9 heteroatoms. The number of nitrogens with zero attached hydrogens (tertiary/aromatic N) is 2. The molecule has 0 spiro atoms. The molecule has 0 radical (unpaired) electrons. The zero-order valence-electron chi connectivity index (χ0n) is 15.9. The second-order valence-electron chi connectivity index (χ2n) is 6.35. The van der Waals surface area contributed by atoms with Gasteiger partial charge in [-0.2, -0.15) is 13.2 Å². The number of hydrogen-bond acceptors (Lipinski definition) is 2. The lowest BCUT2D eigenvalue weighted by molar-refractivity contribution is -0.137. The summed E-state index contributed by atoms with van der Waals surface area (Å²) in [6, 6.07) is 13.1. The highest BCUT2D eigenvalue weighted by Gasteiger charge is 2.30. The molecule has 0 aliphatic rings. The Hall–Kier alpha value is -2.30. The van der Waals surface area contributed by atoms with Gasteiger partial charge < -0.3 is 15.6 Å². The molecule has 1 aromatic heterocycles. The predicted octanol–water partition coefficient (Wildman–Crippen LogP) is 4.50. The van der Waals surface area contributed by atoms with Crippen LogP contribution in [-0.2, 0) is 19.1 Å². The highest BCUT2D eigenvalue weighted by Crippen LogP contribution is 2.29. The van der Waals surface area contributed by atoms with E-state index in [2.05, 4.69) is 25.6 Å². The van der Waals surface area contributed by atoms with Gasteiger partial charge in [-0.1, -0.05) is 24.3 Å². The van der Waals surface area contributed by atoms with E-state index in [4.69, 9.17) is 0 Å². The summed E-state index contributed by atoms with van der Waals surface area (Å²) in [4.78, 5) is 11.9. The Balaban J connectivity index is 0.00000300. The fraction of sp³-hybridized carbons (Fsp3) is 0.300. The fourth-order valence-electron chi connectivity index (χ4n) is 2.85. The molecular formula is C20H23F3IN5. The van der Waals surface area contributed by atoms with Crippen LogP contribution < -0.4 is 10.6 Å². The molecule has 0 bridgehead atoms. The van der Waals surface area contributed by atoms with Gasteiger partial charge in [0, 0.05) is 26.6 Å². The van der Waals surface area contributed by atoms with E-state index < -0.39 is 11.7 Å². The number of halogens is 4. The van der Waals surface area contributed by atoms with Crippen LogP contribution in [0.5, 0.6) is 0 Å². The molecule has 2 aromatic carbocycles. The summed E-state index contributed by atoms with van der Waals surface area (Å²) in [6.45, 7) is 0.923. The molecular weight excluding hydrogens is 494 g/mol. The number of guanidine groups is 1. The molecule has 0 aliphatic carbocycles. The van der Waals surface area contributed by atoms with Crippen LogP contribution in [0.4, 0.5) is 13.2 Å². The molecule has 0 unspecified atom stereocenters. The van der Waals surface area contributed by atoms with Gasteiger partial charge in [-0.05, 0) is 36.2 Å². The molecule has 0 atom stereocenters. The number of aromatic amines is 1. The number of rotatable bonds is 6. The number of nitrogens with one attached hydrogen (secondary N) is 3. The van der Waals surface area contributed by atoms with E-state index in [0.717, 1.165) is 41.8 Å². The zero-order valence-corrected chi connectivity index (χ0v) is 18.2. The Morgan fingerprint density at radius 2 is 1.90 bits per heavy atom. The minimum atomic E-state index is -4.34. The summed E-state index contributed by atoms with van der Waals surface area (Å²) in [5.74, 6) is 1.47. The summed E-state index contributed by atoms with van der Waals surface area (Å²) in [7, 11) is 1.63. The lowest BCUT2D eigenvalue weighted by atomic mass is 10.1. The first-order valence-corrected chi connectivity index (χ1v) is 9.00. The number of aryl methyl sites for hydroxylation is 1. The van der Waals surface area contributed by atoms with Crippen molar-refractivity contribution in [2.75, 3.05) is 13.6 Å². The van der Waals surface area contributed by atoms with Crippen LogP contribution in [-0.4, -0.2) is 29.5 Å². The summed E-state index contributed by atoms with van der Waals surface area (Å²) in [5, 5.41) is 6.20. The van der Waals surface area contributed by atoms with Crippen molar-refractivity contribution < 1.29 is 13.2 Å². The molecule has 0 fully saturated rings. The number of H-pyrrole nitrogens is 1. The van der Waals surface area contributed by atoms with Crippen LogP contribution in [0.2, 0.25) is 0 Å². The summed E-state index contributed by atoms with van der Waals surface area (Å²) < 4.78 is 38.3. The van der Waals surface area contributed by atoms with E-state index in [1.165, 1.54) is 6.07 Å². The lowest BCUT2D eigenvalue weighted by Gasteiger charge is -2.13. The Kier molecular flexibility index (Phi) is 8.30. The van der Waals surface area contributed by atoms with Crippen LogP contribution in [0.15, 0.2) is 53.5 Å². The maximum absolute atomic E-state index is 12.8. The molecule has 0 saturated heterocycles. The van der Waals surface area contributed by atoms with Gasteiger partial charge in [-0.15, -0.1) is 24.0 Å². The average Bonchev–Trinajstić information content (AvgIpc) is 3.10. The van der Waals surface area contributed by atoms with Crippen molar-refractivity contribution in [1.82, 2.24) is 20.6 Å². The topological polar surface area (TPSA) is 65.1 Å². The quantitative estimate of drug-likeness (QED) is 0.195. The fourth-order valence-corrected chi connectivity index (χ4v) is 2.85. The Labute approximate surface area is 184 Å². The number of hydrogen-bond donors (Lipinski definition) is 3. The van der Waals surface area contributed by atoms with Crippen molar-refractivity contribution in [3.8, 4) is 0 Å². The second kappa shape index (κ2) is 10.5. The lowest BCUT2D eigenvalue weighted by Crippen LogP contribution is -2.37. The minimum Gasteiger partial charge on any atom is -0.356 e. The van der Waals surface area contributed by atoms with E-state index in [9.17, 15) is 13.2 Å². The van der Waals surface area contributed by atoms with Crippen molar-refractivity contribution in [2.24, 2.45) is 4.99 Å². The summed E-state index contributed by atoms with van der Waals surface area (Å²) >= 11 is 0. The van der Waals surface area contributed by atoms with Gasteiger partial charge in [0.25, 0.3) is 0 Å². The molecule has 5 nitrogen and oxygen atoms in total. The van der Waals surface area contributed by atoms with E-state index in [-0.39, 0.29) is 30.5 Å². The third kappa shape index (κ3) is 6.62. The van der Waals surface area contributed by atoms with Gasteiger partial charge in [0.1, 0.15) is 5.82 Å². The predicted molar refractivity (Wildman–Crippen MR) is 119 cm³/mol. The molecule has 0 saturated carbocycles. The van der Waals surface area contributed by atoms with Gasteiger partial charge in [-0.25, -0.2) is 4.98 Å². The average molecular weight is 517 g/mol. The Morgan fingerprint density at radius 3 is 2.62 bits per heavy atom. The number of aliphatic imine (C=N–C) groups is 1. The van der Waals surface area contributed by atoms with Gasteiger partial charge in [0.05, 0.1) is 16.6 Å². The molecule has 156 valence electrons. The molecule has 0 amide bonds. The van der Waals surface area contributed by atoms with Crippen LogP contribution in [0, 0.1) is 0 Å². The number of fused-ring (bicyclic) bond motifs is 1. The van der Waals surface area contributed by atoms with Crippen molar-refractivity contribution >= 4 is 41.0 Å². The Bertz CT molecular complexity index is 919. The van der Waals surface area contributed by atoms with Gasteiger partial charge in [0.15, 0.2) is 5.96 Å². The van der Waals surface area contributed by atoms with Crippen molar-refractivity contribution in [1.29, 1.82) is 0 Å². The number of benzene rings is 2. The third-order valence-electron chi connectivity index (χ3n) is 4.26. The smallest absolute Gasteiger partial charge is 0.356 e. The van der Waals surface area contributed by atoms with E-state index in [0.29, 0.717) is 18.1 Å². The van der Waals surface area contributed by atoms with Crippen LogP contribution in [0.25, 0.3) is 11.0 Å². The second-order valence-corrected chi connectivity index (χ2v) is 6.35. The highest BCUT2D eigenvalue weighted by atomic mass is 127. The third-order valence-corrected chi connectivity index (χ3v) is 4.26. The van der Waals surface area contributed by atoms with Crippen LogP contribution in [0.1, 0.15) is 23.4 Å². The van der Waals surface area contributed by atoms with E-state index >= 15 is 0 Å². The first kappa shape index (κ1) is 23.0. The molecule has 0 aliphatic heterocycles. The van der Waals surface area contributed by atoms with Gasteiger partial charge in [-0.3, -0.25) is 4.99 Å². The number of aromatic nitrogens is 2. The Morgan fingerprint density at radius 1 is 1.10 bits per heavy atom.